The standard InChI is InChI=1S/C21H24N6O2S/c1-3-15(29-9-1)13-23-20-24-14-16(19(26-20)18-4-2-12-30-18)17-5-6-22-21(25-17)27-7-10-28-11-8-27/h2,4-6,12,14-15H,1,3,7-11,13H2,(H,23,24,26)/t15-/m0/s1. The van der Waals surface area contributed by atoms with Crippen LogP contribution in [0.1, 0.15) is 12.8 Å². The summed E-state index contributed by atoms with van der Waals surface area (Å²) in [5, 5.41) is 5.39. The lowest BCUT2D eigenvalue weighted by Crippen LogP contribution is -2.37. The van der Waals surface area contributed by atoms with Crippen LogP contribution < -0.4 is 10.2 Å². The van der Waals surface area contributed by atoms with Gasteiger partial charge in [-0.25, -0.2) is 19.9 Å². The Balaban J connectivity index is 1.45. The molecular weight excluding hydrogens is 400 g/mol. The van der Waals surface area contributed by atoms with Gasteiger partial charge in [-0.05, 0) is 30.4 Å². The summed E-state index contributed by atoms with van der Waals surface area (Å²) in [5.74, 6) is 1.33. The van der Waals surface area contributed by atoms with E-state index in [1.807, 2.05) is 18.3 Å². The Bertz CT molecular complexity index is 971. The van der Waals surface area contributed by atoms with E-state index in [-0.39, 0.29) is 6.10 Å². The molecule has 0 bridgehead atoms. The van der Waals surface area contributed by atoms with Crippen LogP contribution in [-0.2, 0) is 9.47 Å². The summed E-state index contributed by atoms with van der Waals surface area (Å²) < 4.78 is 11.1. The second-order valence-electron chi connectivity index (χ2n) is 7.29. The molecule has 5 rings (SSSR count). The van der Waals surface area contributed by atoms with E-state index in [0.717, 1.165) is 60.9 Å². The Morgan fingerprint density at radius 1 is 1.13 bits per heavy atom. The maximum atomic E-state index is 5.69. The Hall–Kier alpha value is -2.62. The van der Waals surface area contributed by atoms with Crippen LogP contribution in [0, 0.1) is 0 Å². The molecule has 0 aromatic carbocycles. The van der Waals surface area contributed by atoms with Crippen LogP contribution in [0.15, 0.2) is 36.0 Å². The zero-order valence-electron chi connectivity index (χ0n) is 16.7. The SMILES string of the molecule is c1csc(-c2nc(NC[C@@H]3CCCO3)ncc2-c2ccnc(N3CCOCC3)n2)c1. The molecule has 0 radical (unpaired) electrons. The molecule has 0 saturated carbocycles. The van der Waals surface area contributed by atoms with Gasteiger partial charge in [-0.1, -0.05) is 6.07 Å². The lowest BCUT2D eigenvalue weighted by atomic mass is 10.1. The van der Waals surface area contributed by atoms with Crippen molar-refractivity contribution in [2.75, 3.05) is 49.7 Å². The molecule has 2 aliphatic heterocycles. The van der Waals surface area contributed by atoms with Gasteiger partial charge in [-0.3, -0.25) is 0 Å². The van der Waals surface area contributed by atoms with Gasteiger partial charge in [0.2, 0.25) is 11.9 Å². The van der Waals surface area contributed by atoms with Crippen molar-refractivity contribution in [3.05, 3.63) is 36.0 Å². The minimum absolute atomic E-state index is 0.233. The van der Waals surface area contributed by atoms with Crippen molar-refractivity contribution in [1.82, 2.24) is 19.9 Å². The van der Waals surface area contributed by atoms with E-state index < -0.39 is 0 Å². The quantitative estimate of drug-likeness (QED) is 0.646. The molecule has 3 aromatic heterocycles. The second kappa shape index (κ2) is 9.03. The first-order valence-electron chi connectivity index (χ1n) is 10.3. The van der Waals surface area contributed by atoms with Crippen molar-refractivity contribution in [1.29, 1.82) is 0 Å². The number of anilines is 2. The van der Waals surface area contributed by atoms with Gasteiger partial charge in [0.15, 0.2) is 0 Å². The van der Waals surface area contributed by atoms with Gasteiger partial charge in [0.1, 0.15) is 0 Å². The molecule has 156 valence electrons. The Morgan fingerprint density at radius 3 is 2.87 bits per heavy atom. The highest BCUT2D eigenvalue weighted by Gasteiger charge is 2.19. The molecule has 0 unspecified atom stereocenters. The third kappa shape index (κ3) is 4.28. The molecule has 1 N–H and O–H groups in total. The number of nitrogens with zero attached hydrogens (tertiary/aromatic N) is 5. The summed E-state index contributed by atoms with van der Waals surface area (Å²) >= 11 is 1.66. The van der Waals surface area contributed by atoms with Crippen molar-refractivity contribution in [2.45, 2.75) is 18.9 Å². The van der Waals surface area contributed by atoms with Crippen molar-refractivity contribution < 1.29 is 9.47 Å². The summed E-state index contributed by atoms with van der Waals surface area (Å²) in [6, 6.07) is 6.02. The van der Waals surface area contributed by atoms with E-state index in [0.29, 0.717) is 25.1 Å². The number of hydrogen-bond donors (Lipinski definition) is 1. The van der Waals surface area contributed by atoms with Crippen molar-refractivity contribution in [3.63, 3.8) is 0 Å². The summed E-state index contributed by atoms with van der Waals surface area (Å²) in [6.45, 7) is 4.54. The van der Waals surface area contributed by atoms with E-state index in [9.17, 15) is 0 Å². The summed E-state index contributed by atoms with van der Waals surface area (Å²) in [5.41, 5.74) is 2.60. The number of ether oxygens (including phenoxy) is 2. The Morgan fingerprint density at radius 2 is 2.07 bits per heavy atom. The van der Waals surface area contributed by atoms with E-state index in [4.69, 9.17) is 19.4 Å². The highest BCUT2D eigenvalue weighted by atomic mass is 32.1. The molecule has 0 aliphatic carbocycles. The molecule has 0 spiro atoms. The van der Waals surface area contributed by atoms with Gasteiger partial charge in [0.25, 0.3) is 0 Å². The lowest BCUT2D eigenvalue weighted by Gasteiger charge is -2.26. The zero-order chi connectivity index (χ0) is 20.2. The van der Waals surface area contributed by atoms with E-state index in [1.165, 1.54) is 0 Å². The molecule has 3 aromatic rings. The third-order valence-electron chi connectivity index (χ3n) is 5.27. The van der Waals surface area contributed by atoms with Crippen LogP contribution in [0.25, 0.3) is 21.8 Å². The third-order valence-corrected chi connectivity index (χ3v) is 6.14. The number of hydrogen-bond acceptors (Lipinski definition) is 9. The average molecular weight is 425 g/mol. The van der Waals surface area contributed by atoms with Crippen LogP contribution >= 0.6 is 11.3 Å². The molecule has 2 saturated heterocycles. The van der Waals surface area contributed by atoms with Crippen molar-refractivity contribution >= 4 is 23.2 Å². The Kier molecular flexibility index (Phi) is 5.82. The van der Waals surface area contributed by atoms with Gasteiger partial charge in [-0.2, -0.15) is 0 Å². The fraction of sp³-hybridized carbons (Fsp3) is 0.429. The number of rotatable bonds is 6. The van der Waals surface area contributed by atoms with E-state index in [2.05, 4.69) is 31.6 Å². The molecule has 5 heterocycles. The maximum Gasteiger partial charge on any atom is 0.226 e. The number of nitrogens with one attached hydrogen (secondary N) is 1. The highest BCUT2D eigenvalue weighted by molar-refractivity contribution is 7.13. The normalized spacial score (nSPS) is 19.2. The van der Waals surface area contributed by atoms with Crippen LogP contribution in [0.2, 0.25) is 0 Å². The predicted molar refractivity (Wildman–Crippen MR) is 117 cm³/mol. The predicted octanol–water partition coefficient (Wildman–Crippen LogP) is 3.09. The van der Waals surface area contributed by atoms with Gasteiger partial charge in [0, 0.05) is 44.2 Å². The van der Waals surface area contributed by atoms with Crippen LogP contribution in [0.5, 0.6) is 0 Å². The van der Waals surface area contributed by atoms with Crippen molar-refractivity contribution in [2.24, 2.45) is 0 Å². The van der Waals surface area contributed by atoms with Gasteiger partial charge < -0.3 is 19.7 Å². The van der Waals surface area contributed by atoms with Crippen molar-refractivity contribution in [3.8, 4) is 21.8 Å². The molecule has 9 heteroatoms. The summed E-state index contributed by atoms with van der Waals surface area (Å²) in [4.78, 5) is 21.9. The minimum atomic E-state index is 0.233. The first-order valence-corrected chi connectivity index (χ1v) is 11.2. The fourth-order valence-corrected chi connectivity index (χ4v) is 4.41. The largest absolute Gasteiger partial charge is 0.378 e. The van der Waals surface area contributed by atoms with E-state index in [1.54, 1.807) is 17.5 Å². The fourth-order valence-electron chi connectivity index (χ4n) is 3.68. The van der Waals surface area contributed by atoms with Crippen LogP contribution in [0.4, 0.5) is 11.9 Å². The van der Waals surface area contributed by atoms with E-state index >= 15 is 0 Å². The molecule has 2 aliphatic rings. The lowest BCUT2D eigenvalue weighted by molar-refractivity contribution is 0.120. The second-order valence-corrected chi connectivity index (χ2v) is 8.24. The zero-order valence-corrected chi connectivity index (χ0v) is 17.5. The molecule has 8 nitrogen and oxygen atoms in total. The monoisotopic (exact) mass is 424 g/mol. The van der Waals surface area contributed by atoms with Gasteiger partial charge in [-0.15, -0.1) is 11.3 Å². The number of aromatic nitrogens is 4. The molecule has 2 fully saturated rings. The highest BCUT2D eigenvalue weighted by Crippen LogP contribution is 2.33. The number of thiophene rings is 1. The molecular formula is C21H24N6O2S. The first kappa shape index (κ1) is 19.3. The van der Waals surface area contributed by atoms with Crippen LogP contribution in [0.3, 0.4) is 0 Å². The molecule has 1 atom stereocenters. The first-order chi connectivity index (χ1) is 14.9. The summed E-state index contributed by atoms with van der Waals surface area (Å²) in [6.07, 6.45) is 6.08. The van der Waals surface area contributed by atoms with Gasteiger partial charge in [0.05, 0.1) is 35.6 Å². The molecule has 0 amide bonds. The smallest absolute Gasteiger partial charge is 0.226 e. The maximum absolute atomic E-state index is 5.69. The number of morpholine rings is 1. The summed E-state index contributed by atoms with van der Waals surface area (Å²) in [7, 11) is 0. The average Bonchev–Trinajstić information content (AvgIpc) is 3.53. The van der Waals surface area contributed by atoms with Crippen LogP contribution in [-0.4, -0.2) is 65.5 Å². The molecule has 30 heavy (non-hydrogen) atoms. The Labute approximate surface area is 179 Å². The van der Waals surface area contributed by atoms with Gasteiger partial charge >= 0.3 is 0 Å². The minimum Gasteiger partial charge on any atom is -0.378 e. The topological polar surface area (TPSA) is 85.3 Å².